The van der Waals surface area contributed by atoms with Crippen LogP contribution in [-0.4, -0.2) is 38.1 Å². The van der Waals surface area contributed by atoms with E-state index in [1.54, 1.807) is 0 Å². The van der Waals surface area contributed by atoms with Gasteiger partial charge in [-0.25, -0.2) is 9.59 Å². The van der Waals surface area contributed by atoms with Crippen molar-refractivity contribution in [2.75, 3.05) is 36.0 Å². The first-order valence-electron chi connectivity index (χ1n) is 25.4. The Morgan fingerprint density at radius 3 is 1.12 bits per heavy atom. The molecule has 0 fully saturated rings. The van der Waals surface area contributed by atoms with E-state index in [4.69, 9.17) is 18.9 Å². The van der Waals surface area contributed by atoms with Crippen LogP contribution in [0.4, 0.5) is 11.4 Å². The number of esters is 2. The molecule has 5 aromatic rings. The van der Waals surface area contributed by atoms with Gasteiger partial charge in [-0.1, -0.05) is 141 Å². The summed E-state index contributed by atoms with van der Waals surface area (Å²) in [6, 6.07) is 32.1. The maximum Gasteiger partial charge on any atom is 0.340 e. The Morgan fingerprint density at radius 2 is 0.742 bits per heavy atom. The lowest BCUT2D eigenvalue weighted by Gasteiger charge is -2.41. The number of benzene rings is 5. The van der Waals surface area contributed by atoms with E-state index in [0.717, 1.165) is 85.5 Å². The van der Waals surface area contributed by atoms with Crippen LogP contribution in [0.25, 0.3) is 0 Å². The molecule has 0 amide bonds. The van der Waals surface area contributed by atoms with Crippen molar-refractivity contribution < 1.29 is 28.5 Å². The second-order valence-electron chi connectivity index (χ2n) is 18.9. The summed E-state index contributed by atoms with van der Waals surface area (Å²) in [7, 11) is 0. The van der Waals surface area contributed by atoms with Crippen molar-refractivity contribution in [3.63, 3.8) is 0 Å². The molecule has 0 saturated heterocycles. The van der Waals surface area contributed by atoms with Gasteiger partial charge in [0, 0.05) is 89.1 Å². The van der Waals surface area contributed by atoms with Crippen molar-refractivity contribution in [1.82, 2.24) is 0 Å². The molecule has 346 valence electrons. The van der Waals surface area contributed by atoms with Gasteiger partial charge in [-0.3, -0.25) is 0 Å². The zero-order chi connectivity index (χ0) is 45.7. The standard InChI is InChI=1S/C58H68N2O6/c1-5-9-13-21-33-59(34-22-14-10-6-2)41-29-31-47-51(37-41)63-53-40-54-50(39-49(53)57(47)45-27-19-17-25-43(45)55(61)65-57)58(46-28-20-18-26-44(46)56(62)66-58)48-32-30-42(38-52(48)64-54)60(35-23-15-11-7-3)36-24-16-12-8-4/h17-20,25-32,37-40H,5-16,21-24,33-36H2,1-4H3/t57-,58-/m0/s1. The molecule has 0 radical (unpaired) electrons. The highest BCUT2D eigenvalue weighted by Gasteiger charge is 2.58. The number of unbranched alkanes of at least 4 members (excludes halogenated alkanes) is 12. The minimum absolute atomic E-state index is 0.393. The van der Waals surface area contributed by atoms with E-state index in [1.165, 1.54) is 77.0 Å². The number of carbonyl (C=O) groups is 2. The topological polar surface area (TPSA) is 77.5 Å². The average Bonchev–Trinajstić information content (AvgIpc) is 3.80. The van der Waals surface area contributed by atoms with Crippen molar-refractivity contribution in [2.24, 2.45) is 0 Å². The van der Waals surface area contributed by atoms with E-state index >= 15 is 0 Å². The fourth-order valence-electron chi connectivity index (χ4n) is 10.9. The lowest BCUT2D eigenvalue weighted by molar-refractivity contribution is 0.0208. The van der Waals surface area contributed by atoms with E-state index in [0.29, 0.717) is 45.3 Å². The van der Waals surface area contributed by atoms with Crippen LogP contribution in [0.2, 0.25) is 0 Å². The maximum atomic E-state index is 14.1. The van der Waals surface area contributed by atoms with Gasteiger partial charge in [0.25, 0.3) is 0 Å². The molecule has 8 heteroatoms. The first-order chi connectivity index (χ1) is 32.4. The van der Waals surface area contributed by atoms with E-state index < -0.39 is 23.1 Å². The molecule has 9 rings (SSSR count). The highest BCUT2D eigenvalue weighted by Crippen LogP contribution is 2.62. The molecule has 8 nitrogen and oxygen atoms in total. The molecule has 0 unspecified atom stereocenters. The fourth-order valence-corrected chi connectivity index (χ4v) is 10.9. The fraction of sp³-hybridized carbons (Fsp3) is 0.448. The monoisotopic (exact) mass is 889 g/mol. The quantitative estimate of drug-likeness (QED) is 0.0502. The number of hydrogen-bond donors (Lipinski definition) is 0. The predicted octanol–water partition coefficient (Wildman–Crippen LogP) is 14.8. The second-order valence-corrected chi connectivity index (χ2v) is 18.9. The molecular weight excluding hydrogens is 821 g/mol. The molecule has 0 saturated carbocycles. The highest BCUT2D eigenvalue weighted by atomic mass is 16.6. The first-order valence-corrected chi connectivity index (χ1v) is 25.4. The third kappa shape index (κ3) is 8.23. The van der Waals surface area contributed by atoms with Crippen LogP contribution < -0.4 is 19.3 Å². The van der Waals surface area contributed by atoms with Crippen molar-refractivity contribution in [2.45, 2.75) is 142 Å². The normalized spacial score (nSPS) is 18.1. The Bertz CT molecular complexity index is 2360. The SMILES string of the molecule is CCCCCCN(CCCCCC)c1ccc2c(c1)Oc1cc3c(cc1[C@@]21OC(=O)c2ccccc21)[C@@]1(OC(=O)c2ccccc21)c1ccc(N(CCCCCC)CCCCCC)cc1O3. The second kappa shape index (κ2) is 20.0. The molecule has 0 aliphatic carbocycles. The Morgan fingerprint density at radius 1 is 0.379 bits per heavy atom. The number of carbonyl (C=O) groups excluding carboxylic acids is 2. The van der Waals surface area contributed by atoms with Crippen molar-refractivity contribution >= 4 is 23.3 Å². The number of rotatable bonds is 22. The lowest BCUT2D eigenvalue weighted by Crippen LogP contribution is -2.37. The van der Waals surface area contributed by atoms with E-state index in [-0.39, 0.29) is 0 Å². The van der Waals surface area contributed by atoms with Crippen LogP contribution in [0.5, 0.6) is 23.0 Å². The Labute approximate surface area is 392 Å². The smallest absolute Gasteiger partial charge is 0.340 e. The van der Waals surface area contributed by atoms with Gasteiger partial charge in [0.1, 0.15) is 23.0 Å². The predicted molar refractivity (Wildman–Crippen MR) is 264 cm³/mol. The summed E-state index contributed by atoms with van der Waals surface area (Å²) < 4.78 is 27.6. The molecule has 4 aliphatic rings. The van der Waals surface area contributed by atoms with Crippen molar-refractivity contribution in [3.8, 4) is 23.0 Å². The van der Waals surface area contributed by atoms with Crippen LogP contribution in [0.1, 0.15) is 185 Å². The van der Waals surface area contributed by atoms with E-state index in [2.05, 4.69) is 73.9 Å². The van der Waals surface area contributed by atoms with E-state index in [1.807, 2.05) is 60.7 Å². The zero-order valence-electron chi connectivity index (χ0n) is 39.7. The number of nitrogens with zero attached hydrogens (tertiary/aromatic N) is 2. The average molecular weight is 889 g/mol. The van der Waals surface area contributed by atoms with Gasteiger partial charge in [-0.05, 0) is 68.1 Å². The lowest BCUT2D eigenvalue weighted by atomic mass is 9.73. The Hall–Kier alpha value is -5.76. The molecule has 2 atom stereocenters. The molecule has 2 spiro atoms. The number of fused-ring (bicyclic) bond motifs is 12. The Kier molecular flexibility index (Phi) is 13.8. The maximum absolute atomic E-state index is 14.1. The zero-order valence-corrected chi connectivity index (χ0v) is 39.7. The number of hydrogen-bond acceptors (Lipinski definition) is 8. The molecule has 0 bridgehead atoms. The van der Waals surface area contributed by atoms with Gasteiger partial charge in [0.2, 0.25) is 0 Å². The van der Waals surface area contributed by atoms with Gasteiger partial charge < -0.3 is 28.7 Å². The summed E-state index contributed by atoms with van der Waals surface area (Å²) in [5.41, 5.74) is 4.88. The molecule has 0 N–H and O–H groups in total. The summed E-state index contributed by atoms with van der Waals surface area (Å²) in [5, 5.41) is 0. The van der Waals surface area contributed by atoms with Crippen LogP contribution in [-0.2, 0) is 20.7 Å². The first kappa shape index (κ1) is 45.4. The van der Waals surface area contributed by atoms with Gasteiger partial charge in [-0.15, -0.1) is 0 Å². The third-order valence-electron chi connectivity index (χ3n) is 14.4. The Balaban J connectivity index is 1.18. The van der Waals surface area contributed by atoms with Gasteiger partial charge in [-0.2, -0.15) is 0 Å². The molecule has 4 heterocycles. The van der Waals surface area contributed by atoms with E-state index in [9.17, 15) is 9.59 Å². The summed E-state index contributed by atoms with van der Waals surface area (Å²) in [6.07, 6.45) is 18.9. The van der Waals surface area contributed by atoms with Gasteiger partial charge >= 0.3 is 11.9 Å². The molecular formula is C58H68N2O6. The highest BCUT2D eigenvalue weighted by molar-refractivity contribution is 5.98. The molecule has 5 aromatic carbocycles. The van der Waals surface area contributed by atoms with Crippen molar-refractivity contribution in [3.05, 3.63) is 142 Å². The third-order valence-corrected chi connectivity index (χ3v) is 14.4. The van der Waals surface area contributed by atoms with Crippen LogP contribution in [0.15, 0.2) is 97.1 Å². The number of ether oxygens (including phenoxy) is 4. The summed E-state index contributed by atoms with van der Waals surface area (Å²) >= 11 is 0. The minimum Gasteiger partial charge on any atom is -0.456 e. The number of anilines is 2. The van der Waals surface area contributed by atoms with Crippen LogP contribution in [0, 0.1) is 0 Å². The largest absolute Gasteiger partial charge is 0.456 e. The summed E-state index contributed by atoms with van der Waals surface area (Å²) in [6.45, 7) is 12.9. The summed E-state index contributed by atoms with van der Waals surface area (Å²) in [4.78, 5) is 33.2. The molecule has 4 aliphatic heterocycles. The minimum atomic E-state index is -1.33. The van der Waals surface area contributed by atoms with Crippen LogP contribution in [0.3, 0.4) is 0 Å². The van der Waals surface area contributed by atoms with Gasteiger partial charge in [0.05, 0.1) is 11.1 Å². The van der Waals surface area contributed by atoms with Crippen molar-refractivity contribution in [1.29, 1.82) is 0 Å². The van der Waals surface area contributed by atoms with Crippen LogP contribution >= 0.6 is 0 Å². The molecule has 66 heavy (non-hydrogen) atoms. The summed E-state index contributed by atoms with van der Waals surface area (Å²) in [5.74, 6) is 1.56. The molecule has 0 aromatic heterocycles. The van der Waals surface area contributed by atoms with Gasteiger partial charge in [0.15, 0.2) is 11.2 Å².